The first-order chi connectivity index (χ1) is 11.3. The minimum Gasteiger partial charge on any atom is -0.493 e. The van der Waals surface area contributed by atoms with Gasteiger partial charge >= 0.3 is 0 Å². The second kappa shape index (κ2) is 7.74. The quantitative estimate of drug-likeness (QED) is 0.691. The first kappa shape index (κ1) is 19.1. The Morgan fingerprint density at radius 2 is 1.88 bits per heavy atom. The van der Waals surface area contributed by atoms with Crippen LogP contribution in [0.4, 0.5) is 0 Å². The Bertz CT molecular complexity index is 842. The van der Waals surface area contributed by atoms with Gasteiger partial charge < -0.3 is 9.47 Å². The third-order valence-electron chi connectivity index (χ3n) is 3.46. The first-order valence-electron chi connectivity index (χ1n) is 6.92. The van der Waals surface area contributed by atoms with Crippen molar-refractivity contribution in [3.05, 3.63) is 51.5 Å². The summed E-state index contributed by atoms with van der Waals surface area (Å²) in [6, 6.07) is 9.98. The highest BCUT2D eigenvalue weighted by Gasteiger charge is 2.25. The number of hydrogen-bond donors (Lipinski definition) is 0. The molecule has 0 saturated heterocycles. The number of sulfonamides is 1. The van der Waals surface area contributed by atoms with Gasteiger partial charge in [-0.1, -0.05) is 39.7 Å². The molecular formula is C16H17BrClNO4S. The molecule has 2 aromatic carbocycles. The van der Waals surface area contributed by atoms with E-state index in [1.165, 1.54) is 31.6 Å². The van der Waals surface area contributed by atoms with Crippen molar-refractivity contribution in [2.24, 2.45) is 0 Å². The van der Waals surface area contributed by atoms with Crippen molar-refractivity contribution < 1.29 is 17.9 Å². The van der Waals surface area contributed by atoms with Gasteiger partial charge in [0.25, 0.3) is 0 Å². The second-order valence-corrected chi connectivity index (χ2v) is 8.32. The Labute approximate surface area is 155 Å². The topological polar surface area (TPSA) is 55.8 Å². The minimum atomic E-state index is -3.74. The van der Waals surface area contributed by atoms with Crippen molar-refractivity contribution in [2.75, 3.05) is 21.3 Å². The lowest BCUT2D eigenvalue weighted by Crippen LogP contribution is -2.27. The number of ether oxygens (including phenoxy) is 2. The summed E-state index contributed by atoms with van der Waals surface area (Å²) in [6.45, 7) is 0.120. The third-order valence-corrected chi connectivity index (χ3v) is 6.24. The maximum Gasteiger partial charge on any atom is 0.244 e. The average molecular weight is 435 g/mol. The van der Waals surface area contributed by atoms with Gasteiger partial charge in [-0.3, -0.25) is 0 Å². The van der Waals surface area contributed by atoms with E-state index in [9.17, 15) is 8.42 Å². The van der Waals surface area contributed by atoms with Crippen LogP contribution in [0, 0.1) is 0 Å². The fourth-order valence-corrected chi connectivity index (χ4v) is 4.41. The van der Waals surface area contributed by atoms with Gasteiger partial charge in [0.1, 0.15) is 4.90 Å². The van der Waals surface area contributed by atoms with Crippen molar-refractivity contribution in [1.82, 2.24) is 4.31 Å². The van der Waals surface area contributed by atoms with Gasteiger partial charge in [-0.15, -0.1) is 0 Å². The van der Waals surface area contributed by atoms with E-state index < -0.39 is 10.0 Å². The zero-order valence-electron chi connectivity index (χ0n) is 13.4. The fraction of sp³-hybridized carbons (Fsp3) is 0.250. The predicted molar refractivity (Wildman–Crippen MR) is 97.4 cm³/mol. The molecule has 0 fully saturated rings. The SMILES string of the molecule is COc1cccc(CN(C)S(=O)(=O)c2ccc(Br)cc2Cl)c1OC. The number of halogens is 2. The standard InChI is InChI=1S/C16H17BrClNO4S/c1-19(10-11-5-4-6-14(22-2)16(11)23-3)24(20,21)15-8-7-12(17)9-13(15)18/h4-9H,10H2,1-3H3. The van der Waals surface area contributed by atoms with Gasteiger partial charge in [0.05, 0.1) is 19.2 Å². The predicted octanol–water partition coefficient (Wildman–Crippen LogP) is 3.94. The van der Waals surface area contributed by atoms with Crippen molar-refractivity contribution in [3.8, 4) is 11.5 Å². The molecule has 2 rings (SSSR count). The Morgan fingerprint density at radius 1 is 1.17 bits per heavy atom. The van der Waals surface area contributed by atoms with E-state index in [4.69, 9.17) is 21.1 Å². The average Bonchev–Trinajstić information content (AvgIpc) is 2.54. The van der Waals surface area contributed by atoms with Crippen LogP contribution >= 0.6 is 27.5 Å². The van der Waals surface area contributed by atoms with Crippen LogP contribution in [0.1, 0.15) is 5.56 Å². The lowest BCUT2D eigenvalue weighted by Gasteiger charge is -2.20. The number of nitrogens with zero attached hydrogens (tertiary/aromatic N) is 1. The molecule has 0 unspecified atom stereocenters. The summed E-state index contributed by atoms with van der Waals surface area (Å²) in [5.74, 6) is 1.05. The highest BCUT2D eigenvalue weighted by Crippen LogP contribution is 2.33. The molecule has 0 N–H and O–H groups in total. The summed E-state index contributed by atoms with van der Waals surface area (Å²) in [5.41, 5.74) is 0.691. The zero-order valence-corrected chi connectivity index (χ0v) is 16.6. The second-order valence-electron chi connectivity index (χ2n) is 4.99. The van der Waals surface area contributed by atoms with Crippen LogP contribution in [-0.2, 0) is 16.6 Å². The maximum atomic E-state index is 12.8. The molecule has 0 aliphatic rings. The summed E-state index contributed by atoms with van der Waals surface area (Å²) < 4.78 is 38.1. The van der Waals surface area contributed by atoms with E-state index in [0.29, 0.717) is 21.5 Å². The molecule has 8 heteroatoms. The summed E-state index contributed by atoms with van der Waals surface area (Å²) in [5, 5.41) is 0.161. The molecule has 130 valence electrons. The molecule has 0 aliphatic carbocycles. The number of para-hydroxylation sites is 1. The van der Waals surface area contributed by atoms with Gasteiger partial charge in [0.15, 0.2) is 11.5 Å². The Morgan fingerprint density at radius 3 is 2.46 bits per heavy atom. The molecule has 5 nitrogen and oxygen atoms in total. The molecule has 0 heterocycles. The summed E-state index contributed by atoms with van der Waals surface area (Å²) >= 11 is 9.35. The van der Waals surface area contributed by atoms with E-state index in [1.54, 1.807) is 30.3 Å². The highest BCUT2D eigenvalue weighted by atomic mass is 79.9. The van der Waals surface area contributed by atoms with E-state index in [0.717, 1.165) is 0 Å². The van der Waals surface area contributed by atoms with E-state index in [-0.39, 0.29) is 16.5 Å². The van der Waals surface area contributed by atoms with Crippen molar-refractivity contribution >= 4 is 37.6 Å². The number of methoxy groups -OCH3 is 2. The van der Waals surface area contributed by atoms with E-state index >= 15 is 0 Å². The van der Waals surface area contributed by atoms with Crippen LogP contribution in [-0.4, -0.2) is 34.0 Å². The molecule has 0 saturated carbocycles. The summed E-state index contributed by atoms with van der Waals surface area (Å²) in [4.78, 5) is 0.0525. The van der Waals surface area contributed by atoms with Crippen LogP contribution in [0.2, 0.25) is 5.02 Å². The highest BCUT2D eigenvalue weighted by molar-refractivity contribution is 9.10. The van der Waals surface area contributed by atoms with Gasteiger partial charge in [0.2, 0.25) is 10.0 Å². The molecule has 0 aliphatic heterocycles. The molecular weight excluding hydrogens is 418 g/mol. The van der Waals surface area contributed by atoms with Gasteiger partial charge in [-0.2, -0.15) is 4.31 Å². The first-order valence-corrected chi connectivity index (χ1v) is 9.53. The largest absolute Gasteiger partial charge is 0.493 e. The summed E-state index contributed by atoms with van der Waals surface area (Å²) in [7, 11) is 0.794. The fourth-order valence-electron chi connectivity index (χ4n) is 2.26. The van der Waals surface area contributed by atoms with Gasteiger partial charge in [0, 0.05) is 23.6 Å². The molecule has 0 aromatic heterocycles. The van der Waals surface area contributed by atoms with Crippen LogP contribution < -0.4 is 9.47 Å². The lowest BCUT2D eigenvalue weighted by molar-refractivity contribution is 0.347. The van der Waals surface area contributed by atoms with Gasteiger partial charge in [-0.05, 0) is 24.3 Å². The number of hydrogen-bond acceptors (Lipinski definition) is 4. The molecule has 0 amide bonds. The Kier molecular flexibility index (Phi) is 6.14. The third kappa shape index (κ3) is 3.85. The van der Waals surface area contributed by atoms with Crippen LogP contribution in [0.25, 0.3) is 0 Å². The molecule has 2 aromatic rings. The van der Waals surface area contributed by atoms with Crippen molar-refractivity contribution in [2.45, 2.75) is 11.4 Å². The zero-order chi connectivity index (χ0) is 17.9. The normalized spacial score (nSPS) is 11.6. The smallest absolute Gasteiger partial charge is 0.244 e. The minimum absolute atomic E-state index is 0.0525. The van der Waals surface area contributed by atoms with Crippen molar-refractivity contribution in [1.29, 1.82) is 0 Å². The Balaban J connectivity index is 2.37. The molecule has 24 heavy (non-hydrogen) atoms. The van der Waals surface area contributed by atoms with E-state index in [2.05, 4.69) is 15.9 Å². The lowest BCUT2D eigenvalue weighted by atomic mass is 10.2. The van der Waals surface area contributed by atoms with Crippen LogP contribution in [0.5, 0.6) is 11.5 Å². The number of rotatable bonds is 6. The molecule has 0 radical (unpaired) electrons. The maximum absolute atomic E-state index is 12.8. The van der Waals surface area contributed by atoms with Crippen LogP contribution in [0.15, 0.2) is 45.8 Å². The van der Waals surface area contributed by atoms with Gasteiger partial charge in [-0.25, -0.2) is 8.42 Å². The van der Waals surface area contributed by atoms with Crippen LogP contribution in [0.3, 0.4) is 0 Å². The Hall–Kier alpha value is -1.28. The molecule has 0 bridgehead atoms. The molecule has 0 atom stereocenters. The van der Waals surface area contributed by atoms with Crippen molar-refractivity contribution in [3.63, 3.8) is 0 Å². The molecule has 0 spiro atoms. The van der Waals surface area contributed by atoms with E-state index in [1.807, 2.05) is 0 Å². The summed E-state index contributed by atoms with van der Waals surface area (Å²) in [6.07, 6.45) is 0. The number of benzene rings is 2. The monoisotopic (exact) mass is 433 g/mol.